The van der Waals surface area contributed by atoms with Gasteiger partial charge in [0.15, 0.2) is 0 Å². The summed E-state index contributed by atoms with van der Waals surface area (Å²) >= 11 is 0. The molecule has 2 N–H and O–H groups in total. The monoisotopic (exact) mass is 389 g/mol. The first-order chi connectivity index (χ1) is 13.4. The molecule has 0 saturated heterocycles. The van der Waals surface area contributed by atoms with E-state index in [1.807, 2.05) is 43.3 Å². The van der Waals surface area contributed by atoms with Crippen molar-refractivity contribution >= 4 is 32.3 Å². The summed E-state index contributed by atoms with van der Waals surface area (Å²) in [4.78, 5) is 8.01. The van der Waals surface area contributed by atoms with E-state index in [0.717, 1.165) is 22.2 Å². The van der Waals surface area contributed by atoms with Crippen molar-refractivity contribution in [3.05, 3.63) is 84.9 Å². The maximum Gasteiger partial charge on any atom is 0.261 e. The number of aromatic amines is 1. The number of rotatable bonds is 5. The predicted molar refractivity (Wildman–Crippen MR) is 113 cm³/mol. The fraction of sp³-hybridized carbons (Fsp3) is 0.0455. The molecule has 0 aliphatic heterocycles. The van der Waals surface area contributed by atoms with Gasteiger partial charge >= 0.3 is 0 Å². The first-order valence-corrected chi connectivity index (χ1v) is 10.3. The molecule has 0 amide bonds. The van der Waals surface area contributed by atoms with Gasteiger partial charge in [-0.2, -0.15) is 0 Å². The quantitative estimate of drug-likeness (QED) is 0.501. The Morgan fingerprint density at radius 3 is 2.36 bits per heavy atom. The van der Waals surface area contributed by atoms with E-state index >= 15 is 0 Å². The summed E-state index contributed by atoms with van der Waals surface area (Å²) in [6.45, 7) is 5.75. The fourth-order valence-corrected chi connectivity index (χ4v) is 4.06. The lowest BCUT2D eigenvalue weighted by Gasteiger charge is -2.12. The normalized spacial score (nSPS) is 11.5. The Kier molecular flexibility index (Phi) is 4.49. The third-order valence-corrected chi connectivity index (χ3v) is 5.85. The maximum atomic E-state index is 12.9. The molecule has 4 rings (SSSR count). The highest BCUT2D eigenvalue weighted by molar-refractivity contribution is 7.92. The molecule has 5 nitrogen and oxygen atoms in total. The average molecular weight is 389 g/mol. The predicted octanol–water partition coefficient (Wildman–Crippen LogP) is 5.06. The third kappa shape index (κ3) is 3.42. The highest BCUT2D eigenvalue weighted by atomic mass is 32.2. The summed E-state index contributed by atoms with van der Waals surface area (Å²) in [5, 5.41) is 0. The van der Waals surface area contributed by atoms with Gasteiger partial charge in [-0.1, -0.05) is 48.6 Å². The Morgan fingerprint density at radius 2 is 1.64 bits per heavy atom. The van der Waals surface area contributed by atoms with Crippen molar-refractivity contribution < 1.29 is 8.42 Å². The van der Waals surface area contributed by atoms with Crippen LogP contribution in [0, 0.1) is 0 Å². The number of fused-ring (bicyclic) bond motifs is 1. The lowest BCUT2D eigenvalue weighted by atomic mass is 10.1. The summed E-state index contributed by atoms with van der Waals surface area (Å²) in [5.41, 5.74) is 4.65. The lowest BCUT2D eigenvalue weighted by Crippen LogP contribution is -2.13. The number of nitrogens with one attached hydrogen (secondary N) is 2. The molecule has 0 spiro atoms. The summed E-state index contributed by atoms with van der Waals surface area (Å²) < 4.78 is 28.4. The van der Waals surface area contributed by atoms with Gasteiger partial charge in [0.25, 0.3) is 10.0 Å². The van der Waals surface area contributed by atoms with Gasteiger partial charge in [-0.15, -0.1) is 0 Å². The van der Waals surface area contributed by atoms with Crippen molar-refractivity contribution in [2.24, 2.45) is 0 Å². The molecule has 0 radical (unpaired) electrons. The van der Waals surface area contributed by atoms with Crippen LogP contribution < -0.4 is 4.72 Å². The largest absolute Gasteiger partial charge is 0.338 e. The topological polar surface area (TPSA) is 74.8 Å². The van der Waals surface area contributed by atoms with Crippen LogP contribution in [-0.2, 0) is 10.0 Å². The standard InChI is InChI=1S/C22H19N3O2S/c1-15(2)16-11-13-17(14-12-16)28(26,27)25-19-8-4-3-7-18(19)22-23-20-9-5-6-10-21(20)24-22/h3-14,25H,1H2,2H3,(H,23,24). The Bertz CT molecular complexity index is 1240. The number of para-hydroxylation sites is 3. The van der Waals surface area contributed by atoms with Gasteiger partial charge in [0.05, 0.1) is 21.6 Å². The molecule has 6 heteroatoms. The summed E-state index contributed by atoms with van der Waals surface area (Å²) in [7, 11) is -3.74. The van der Waals surface area contributed by atoms with Crippen molar-refractivity contribution in [2.75, 3.05) is 4.72 Å². The number of sulfonamides is 1. The van der Waals surface area contributed by atoms with Gasteiger partial charge in [0, 0.05) is 5.56 Å². The molecule has 0 fully saturated rings. The number of nitrogens with zero attached hydrogens (tertiary/aromatic N) is 1. The van der Waals surface area contributed by atoms with E-state index in [1.165, 1.54) is 0 Å². The van der Waals surface area contributed by atoms with Crippen molar-refractivity contribution in [1.29, 1.82) is 0 Å². The molecule has 0 aliphatic rings. The molecule has 0 atom stereocenters. The number of H-pyrrole nitrogens is 1. The van der Waals surface area contributed by atoms with Crippen molar-refractivity contribution in [1.82, 2.24) is 9.97 Å². The van der Waals surface area contributed by atoms with Crippen LogP contribution in [0.25, 0.3) is 28.0 Å². The number of anilines is 1. The van der Waals surface area contributed by atoms with E-state index in [1.54, 1.807) is 36.4 Å². The second kappa shape index (κ2) is 6.98. The van der Waals surface area contributed by atoms with Crippen molar-refractivity contribution in [2.45, 2.75) is 11.8 Å². The van der Waals surface area contributed by atoms with Crippen molar-refractivity contribution in [3.8, 4) is 11.4 Å². The maximum absolute atomic E-state index is 12.9. The smallest absolute Gasteiger partial charge is 0.261 e. The highest BCUT2D eigenvalue weighted by Gasteiger charge is 2.18. The van der Waals surface area contributed by atoms with E-state index in [2.05, 4.69) is 21.3 Å². The SMILES string of the molecule is C=C(C)c1ccc(S(=O)(=O)Nc2ccccc2-c2nc3ccccc3[nH]2)cc1. The van der Waals surface area contributed by atoms with Gasteiger partial charge in [-0.05, 0) is 48.9 Å². The average Bonchev–Trinajstić information content (AvgIpc) is 3.12. The van der Waals surface area contributed by atoms with Gasteiger partial charge in [0.2, 0.25) is 0 Å². The molecule has 28 heavy (non-hydrogen) atoms. The molecule has 4 aromatic rings. The third-order valence-electron chi connectivity index (χ3n) is 4.47. The Hall–Kier alpha value is -3.38. The van der Waals surface area contributed by atoms with E-state index in [4.69, 9.17) is 0 Å². The zero-order valence-electron chi connectivity index (χ0n) is 15.3. The van der Waals surface area contributed by atoms with Crippen LogP contribution in [0.3, 0.4) is 0 Å². The summed E-state index contributed by atoms with van der Waals surface area (Å²) in [6.07, 6.45) is 0. The van der Waals surface area contributed by atoms with Gasteiger partial charge < -0.3 is 4.98 Å². The molecule has 1 aromatic heterocycles. The number of imidazole rings is 1. The second-order valence-corrected chi connectivity index (χ2v) is 8.24. The second-order valence-electron chi connectivity index (χ2n) is 6.56. The van der Waals surface area contributed by atoms with Gasteiger partial charge in [-0.25, -0.2) is 13.4 Å². The molecule has 140 valence electrons. The molecular formula is C22H19N3O2S. The summed E-state index contributed by atoms with van der Waals surface area (Å²) in [5.74, 6) is 0.608. The van der Waals surface area contributed by atoms with Crippen molar-refractivity contribution in [3.63, 3.8) is 0 Å². The number of benzene rings is 3. The van der Waals surface area contributed by atoms with Gasteiger partial charge in [0.1, 0.15) is 5.82 Å². The minimum absolute atomic E-state index is 0.192. The zero-order valence-corrected chi connectivity index (χ0v) is 16.1. The number of allylic oxidation sites excluding steroid dienone is 1. The molecule has 0 aliphatic carbocycles. The summed E-state index contributed by atoms with van der Waals surface area (Å²) in [6, 6.07) is 21.5. The Morgan fingerprint density at radius 1 is 0.964 bits per heavy atom. The minimum Gasteiger partial charge on any atom is -0.338 e. The van der Waals surface area contributed by atoms with Crippen LogP contribution in [0.1, 0.15) is 12.5 Å². The molecule has 0 bridgehead atoms. The van der Waals surface area contributed by atoms with Crippen LogP contribution in [0.4, 0.5) is 5.69 Å². The number of hydrogen-bond acceptors (Lipinski definition) is 3. The number of hydrogen-bond donors (Lipinski definition) is 2. The van der Waals surface area contributed by atoms with E-state index in [-0.39, 0.29) is 4.90 Å². The zero-order chi connectivity index (χ0) is 19.7. The molecule has 3 aromatic carbocycles. The van der Waals surface area contributed by atoms with E-state index < -0.39 is 10.0 Å². The van der Waals surface area contributed by atoms with E-state index in [9.17, 15) is 8.42 Å². The molecule has 0 saturated carbocycles. The van der Waals surface area contributed by atoms with Crippen LogP contribution >= 0.6 is 0 Å². The van der Waals surface area contributed by atoms with Crippen LogP contribution in [0.5, 0.6) is 0 Å². The Balaban J connectivity index is 1.71. The first kappa shape index (κ1) is 18.0. The Labute approximate surface area is 163 Å². The van der Waals surface area contributed by atoms with Crippen LogP contribution in [0.2, 0.25) is 0 Å². The number of aromatic nitrogens is 2. The lowest BCUT2D eigenvalue weighted by molar-refractivity contribution is 0.601. The molecule has 0 unspecified atom stereocenters. The van der Waals surface area contributed by atoms with Gasteiger partial charge in [-0.3, -0.25) is 4.72 Å². The molecular weight excluding hydrogens is 370 g/mol. The highest BCUT2D eigenvalue weighted by Crippen LogP contribution is 2.29. The van der Waals surface area contributed by atoms with E-state index in [0.29, 0.717) is 17.1 Å². The first-order valence-electron chi connectivity index (χ1n) is 8.77. The van der Waals surface area contributed by atoms with Crippen LogP contribution in [-0.4, -0.2) is 18.4 Å². The van der Waals surface area contributed by atoms with Crippen LogP contribution in [0.15, 0.2) is 84.3 Å². The molecule has 1 heterocycles. The fourth-order valence-electron chi connectivity index (χ4n) is 2.98. The minimum atomic E-state index is -3.74.